The lowest BCUT2D eigenvalue weighted by atomic mass is 9.74. The van der Waals surface area contributed by atoms with Gasteiger partial charge in [-0.25, -0.2) is 0 Å². The number of hydrogen-bond acceptors (Lipinski definition) is 1. The molecule has 0 aliphatic heterocycles. The molecule has 2 aliphatic carbocycles. The van der Waals surface area contributed by atoms with Crippen molar-refractivity contribution < 1.29 is 4.74 Å². The minimum absolute atomic E-state index is 0.0287. The number of fused-ring (bicyclic) bond motifs is 2. The van der Waals surface area contributed by atoms with E-state index in [1.165, 1.54) is 0 Å². The van der Waals surface area contributed by atoms with Gasteiger partial charge < -0.3 is 4.74 Å². The number of halogens is 6. The van der Waals surface area contributed by atoms with E-state index in [0.717, 1.165) is 0 Å². The maximum absolute atomic E-state index is 6.77. The minimum atomic E-state index is -1.46. The molecule has 2 bridgehead atoms. The zero-order valence-electron chi connectivity index (χ0n) is 11.5. The molecular weight excluding hydrogens is 385 g/mol. The van der Waals surface area contributed by atoms with Gasteiger partial charge in [0.2, 0.25) is 0 Å². The molecule has 2 rings (SSSR count). The van der Waals surface area contributed by atoms with Gasteiger partial charge in [-0.2, -0.15) is 0 Å². The summed E-state index contributed by atoms with van der Waals surface area (Å²) in [4.78, 5) is -2.36. The van der Waals surface area contributed by atoms with Crippen LogP contribution in [0.25, 0.3) is 0 Å². The smallest absolute Gasteiger partial charge is 0.166 e. The van der Waals surface area contributed by atoms with Gasteiger partial charge in [0.05, 0.1) is 15.7 Å². The molecule has 2 aliphatic rings. The minimum Gasteiger partial charge on any atom is -0.379 e. The van der Waals surface area contributed by atoms with Crippen LogP contribution in [0.3, 0.4) is 0 Å². The van der Waals surface area contributed by atoms with Gasteiger partial charge in [0.25, 0.3) is 0 Å². The highest BCUT2D eigenvalue weighted by Gasteiger charge is 2.79. The molecule has 1 nitrogen and oxygen atoms in total. The highest BCUT2D eigenvalue weighted by molar-refractivity contribution is 6.65. The van der Waals surface area contributed by atoms with Crippen LogP contribution in [0.2, 0.25) is 0 Å². The van der Waals surface area contributed by atoms with Gasteiger partial charge in [-0.3, -0.25) is 0 Å². The van der Waals surface area contributed by atoms with Crippen molar-refractivity contribution in [1.29, 1.82) is 0 Å². The van der Waals surface area contributed by atoms with Crippen molar-refractivity contribution in [2.75, 3.05) is 7.11 Å². The van der Waals surface area contributed by atoms with Gasteiger partial charge in [-0.15, -0.1) is 23.2 Å². The lowest BCUT2D eigenvalue weighted by Gasteiger charge is -2.42. The Morgan fingerprint density at radius 2 is 1.65 bits per heavy atom. The maximum Gasteiger partial charge on any atom is 0.166 e. The lowest BCUT2D eigenvalue weighted by molar-refractivity contribution is -0.0444. The van der Waals surface area contributed by atoms with Crippen molar-refractivity contribution in [1.82, 2.24) is 0 Å². The van der Waals surface area contributed by atoms with Crippen LogP contribution < -0.4 is 0 Å². The molecule has 4 atom stereocenters. The van der Waals surface area contributed by atoms with Crippen molar-refractivity contribution in [2.45, 2.75) is 46.9 Å². The molecule has 0 spiro atoms. The van der Waals surface area contributed by atoms with E-state index in [2.05, 4.69) is 0 Å². The summed E-state index contributed by atoms with van der Waals surface area (Å²) < 4.78 is 4.09. The summed E-state index contributed by atoms with van der Waals surface area (Å²) in [5, 5.41) is 0.496. The quantitative estimate of drug-likeness (QED) is 0.536. The average molecular weight is 401 g/mol. The average Bonchev–Trinajstić information content (AvgIpc) is 2.59. The Bertz CT molecular complexity index is 473. The first-order valence-electron chi connectivity index (χ1n) is 6.25. The Balaban J connectivity index is 2.54. The van der Waals surface area contributed by atoms with Crippen molar-refractivity contribution in [3.05, 3.63) is 10.1 Å². The summed E-state index contributed by atoms with van der Waals surface area (Å²) in [6.45, 7) is 5.99. The molecule has 116 valence electrons. The molecule has 0 heterocycles. The van der Waals surface area contributed by atoms with E-state index in [9.17, 15) is 0 Å². The van der Waals surface area contributed by atoms with E-state index < -0.39 is 19.7 Å². The number of rotatable bonds is 3. The van der Waals surface area contributed by atoms with E-state index >= 15 is 0 Å². The fourth-order valence-electron chi connectivity index (χ4n) is 3.15. The Kier molecular flexibility index (Phi) is 4.42. The highest BCUT2D eigenvalue weighted by Crippen LogP contribution is 2.75. The van der Waals surface area contributed by atoms with Gasteiger partial charge in [-0.05, 0) is 32.1 Å². The second kappa shape index (κ2) is 4.97. The van der Waals surface area contributed by atoms with Crippen molar-refractivity contribution in [3.63, 3.8) is 0 Å². The predicted octanol–water partition coefficient (Wildman–Crippen LogP) is 5.90. The SMILES string of the molecule is COC(C)(C)[C@H](C)[C@H]1C[C@@]2(Cl)C(Cl)=C(Cl)[C@]1(Cl)C2(Cl)Cl. The third-order valence-electron chi connectivity index (χ3n) is 5.05. The van der Waals surface area contributed by atoms with Crippen LogP contribution in [0.1, 0.15) is 27.2 Å². The number of ether oxygens (including phenoxy) is 1. The molecule has 0 amide bonds. The standard InChI is InChI=1S/C13H16Cl6O/c1-6(10(2,3)20-4)7-5-11(16)8(14)9(15)12(7,17)13(11,18)19/h6-7H,5H2,1-4H3/t6-,7-,11-,12+/m1/s1. The second-order valence-electron chi connectivity index (χ2n) is 6.12. The Hall–Kier alpha value is 1.44. The summed E-state index contributed by atoms with van der Waals surface area (Å²) in [6, 6.07) is 0. The van der Waals surface area contributed by atoms with Crippen LogP contribution in [-0.2, 0) is 4.74 Å². The number of allylic oxidation sites excluding steroid dienone is 2. The van der Waals surface area contributed by atoms with Gasteiger partial charge >= 0.3 is 0 Å². The zero-order valence-corrected chi connectivity index (χ0v) is 16.1. The number of hydrogen-bond donors (Lipinski definition) is 0. The van der Waals surface area contributed by atoms with E-state index in [1.807, 2.05) is 20.8 Å². The molecular formula is C13H16Cl6O. The topological polar surface area (TPSA) is 9.23 Å². The number of methoxy groups -OCH3 is 1. The Labute approximate surface area is 149 Å². The summed E-state index contributed by atoms with van der Waals surface area (Å²) in [6.07, 6.45) is 0.452. The van der Waals surface area contributed by atoms with E-state index in [1.54, 1.807) is 7.11 Å². The number of alkyl halides is 4. The molecule has 20 heavy (non-hydrogen) atoms. The van der Waals surface area contributed by atoms with E-state index in [-0.39, 0.29) is 21.9 Å². The molecule has 0 aromatic rings. The molecule has 0 aromatic heterocycles. The predicted molar refractivity (Wildman–Crippen MR) is 88.7 cm³/mol. The molecule has 0 unspecified atom stereocenters. The molecule has 0 radical (unpaired) electrons. The first-order chi connectivity index (χ1) is 8.88. The molecule has 0 aromatic carbocycles. The Morgan fingerprint density at radius 3 is 2.00 bits per heavy atom. The normalized spacial score (nSPS) is 41.4. The third-order valence-corrected chi connectivity index (χ3v) is 9.35. The largest absolute Gasteiger partial charge is 0.379 e. The first-order valence-corrected chi connectivity index (χ1v) is 8.51. The van der Waals surface area contributed by atoms with Crippen LogP contribution in [-0.4, -0.2) is 26.8 Å². The summed E-state index contributed by atoms with van der Waals surface area (Å²) in [5.41, 5.74) is -0.419. The first kappa shape index (κ1) is 17.8. The Morgan fingerprint density at radius 1 is 1.15 bits per heavy atom. The van der Waals surface area contributed by atoms with Crippen LogP contribution in [0.4, 0.5) is 0 Å². The van der Waals surface area contributed by atoms with Gasteiger partial charge in [0.15, 0.2) is 4.33 Å². The van der Waals surface area contributed by atoms with Crippen LogP contribution in [0.15, 0.2) is 10.1 Å². The van der Waals surface area contributed by atoms with Crippen LogP contribution >= 0.6 is 69.6 Å². The highest BCUT2D eigenvalue weighted by atomic mass is 35.5. The molecule has 0 N–H and O–H groups in total. The van der Waals surface area contributed by atoms with Crippen molar-refractivity contribution >= 4 is 69.6 Å². The fourth-order valence-corrected chi connectivity index (χ4v) is 6.04. The molecule has 7 heteroatoms. The monoisotopic (exact) mass is 398 g/mol. The molecule has 0 saturated heterocycles. The summed E-state index contributed by atoms with van der Waals surface area (Å²) >= 11 is 38.9. The summed E-state index contributed by atoms with van der Waals surface area (Å²) in [7, 11) is 1.65. The van der Waals surface area contributed by atoms with Gasteiger partial charge in [0, 0.05) is 7.11 Å². The van der Waals surface area contributed by atoms with Crippen LogP contribution in [0, 0.1) is 11.8 Å². The fraction of sp³-hybridized carbons (Fsp3) is 0.846. The second-order valence-corrected chi connectivity index (χ2v) is 9.45. The van der Waals surface area contributed by atoms with Gasteiger partial charge in [-0.1, -0.05) is 53.3 Å². The summed E-state index contributed by atoms with van der Waals surface area (Å²) in [5.74, 6) is -0.123. The van der Waals surface area contributed by atoms with E-state index in [4.69, 9.17) is 74.3 Å². The molecule has 1 fully saturated rings. The lowest BCUT2D eigenvalue weighted by Crippen LogP contribution is -2.48. The van der Waals surface area contributed by atoms with Crippen LogP contribution in [0.5, 0.6) is 0 Å². The molecule has 1 saturated carbocycles. The van der Waals surface area contributed by atoms with Crippen molar-refractivity contribution in [2.24, 2.45) is 11.8 Å². The third kappa shape index (κ3) is 1.87. The zero-order chi connectivity index (χ0) is 15.7. The maximum atomic E-state index is 6.77. The van der Waals surface area contributed by atoms with Gasteiger partial charge in [0.1, 0.15) is 9.75 Å². The van der Waals surface area contributed by atoms with Crippen molar-refractivity contribution in [3.8, 4) is 0 Å². The van der Waals surface area contributed by atoms with E-state index in [0.29, 0.717) is 6.42 Å².